The largest absolute Gasteiger partial charge is 0.486 e. The Bertz CT molecular complexity index is 672. The Morgan fingerprint density at radius 1 is 1.09 bits per heavy atom. The van der Waals surface area contributed by atoms with Crippen LogP contribution in [0.1, 0.15) is 0 Å². The summed E-state index contributed by atoms with van der Waals surface area (Å²) in [7, 11) is 0. The molecule has 1 aliphatic rings. The summed E-state index contributed by atoms with van der Waals surface area (Å²) in [6, 6.07) is 12.3. The number of fused-ring (bicyclic) bond motifs is 1. The maximum absolute atomic E-state index is 11.8. The summed E-state index contributed by atoms with van der Waals surface area (Å²) < 4.78 is 16.2. The summed E-state index contributed by atoms with van der Waals surface area (Å²) in [5.41, 5.74) is 0. The van der Waals surface area contributed by atoms with Gasteiger partial charge in [0.25, 0.3) is 0 Å². The Morgan fingerprint density at radius 2 is 1.82 bits per heavy atom. The van der Waals surface area contributed by atoms with Gasteiger partial charge in [0.15, 0.2) is 11.5 Å². The molecule has 0 fully saturated rings. The Labute approximate surface area is 137 Å². The first-order chi connectivity index (χ1) is 10.7. The zero-order valence-electron chi connectivity index (χ0n) is 11.6. The number of hydrogen-bond donors (Lipinski definition) is 0. The van der Waals surface area contributed by atoms with Crippen LogP contribution >= 0.6 is 23.4 Å². The van der Waals surface area contributed by atoms with Crippen LogP contribution in [0.4, 0.5) is 0 Å². The van der Waals surface area contributed by atoms with E-state index < -0.39 is 0 Å². The van der Waals surface area contributed by atoms with E-state index in [4.69, 9.17) is 25.8 Å². The Balaban J connectivity index is 1.55. The predicted octanol–water partition coefficient (Wildman–Crippen LogP) is 3.81. The average Bonchev–Trinajstić information content (AvgIpc) is 2.55. The Hall–Kier alpha value is -1.85. The van der Waals surface area contributed by atoms with E-state index >= 15 is 0 Å². The molecule has 1 aliphatic heterocycles. The van der Waals surface area contributed by atoms with Crippen LogP contribution in [0, 0.1) is 0 Å². The van der Waals surface area contributed by atoms with Crippen molar-refractivity contribution in [1.29, 1.82) is 0 Å². The van der Waals surface area contributed by atoms with Crippen molar-refractivity contribution in [3.8, 4) is 17.2 Å². The quantitative estimate of drug-likeness (QED) is 0.482. The fourth-order valence-electron chi connectivity index (χ4n) is 1.92. The lowest BCUT2D eigenvalue weighted by Gasteiger charge is -2.18. The SMILES string of the molecule is O=C(CSc1ccc2c(c1)OCCO2)Oc1ccc(Cl)cc1. The number of rotatable bonds is 4. The van der Waals surface area contributed by atoms with E-state index in [1.165, 1.54) is 11.8 Å². The molecule has 0 atom stereocenters. The van der Waals surface area contributed by atoms with Crippen molar-refractivity contribution in [3.63, 3.8) is 0 Å². The number of hydrogen-bond acceptors (Lipinski definition) is 5. The van der Waals surface area contributed by atoms with Crippen molar-refractivity contribution in [2.24, 2.45) is 0 Å². The van der Waals surface area contributed by atoms with Crippen LogP contribution < -0.4 is 14.2 Å². The minimum atomic E-state index is -0.317. The molecule has 22 heavy (non-hydrogen) atoms. The van der Waals surface area contributed by atoms with Crippen LogP contribution in [0.3, 0.4) is 0 Å². The predicted molar refractivity (Wildman–Crippen MR) is 85.2 cm³/mol. The van der Waals surface area contributed by atoms with Crippen molar-refractivity contribution in [2.75, 3.05) is 19.0 Å². The summed E-state index contributed by atoms with van der Waals surface area (Å²) in [6.07, 6.45) is 0. The maximum Gasteiger partial charge on any atom is 0.321 e. The topological polar surface area (TPSA) is 44.8 Å². The van der Waals surface area contributed by atoms with Crippen LogP contribution in [-0.4, -0.2) is 24.9 Å². The fourth-order valence-corrected chi connectivity index (χ4v) is 2.74. The van der Waals surface area contributed by atoms with Gasteiger partial charge in [-0.1, -0.05) is 11.6 Å². The van der Waals surface area contributed by atoms with E-state index in [0.717, 1.165) is 10.6 Å². The molecule has 3 rings (SSSR count). The van der Waals surface area contributed by atoms with Gasteiger partial charge >= 0.3 is 5.97 Å². The van der Waals surface area contributed by atoms with Gasteiger partial charge in [0.2, 0.25) is 0 Å². The van der Waals surface area contributed by atoms with E-state index in [1.54, 1.807) is 24.3 Å². The molecule has 0 aliphatic carbocycles. The highest BCUT2D eigenvalue weighted by molar-refractivity contribution is 8.00. The molecule has 0 radical (unpaired) electrons. The summed E-state index contributed by atoms with van der Waals surface area (Å²) in [6.45, 7) is 1.10. The second-order valence-electron chi connectivity index (χ2n) is 4.52. The fraction of sp³-hybridized carbons (Fsp3) is 0.188. The molecule has 6 heteroatoms. The number of carbonyl (C=O) groups excluding carboxylic acids is 1. The molecule has 0 amide bonds. The van der Waals surface area contributed by atoms with Crippen LogP contribution in [0.5, 0.6) is 17.2 Å². The minimum absolute atomic E-state index is 0.211. The molecular formula is C16H13ClO4S. The Morgan fingerprint density at radius 3 is 2.59 bits per heavy atom. The second-order valence-corrected chi connectivity index (χ2v) is 6.01. The average molecular weight is 337 g/mol. The van der Waals surface area contributed by atoms with Crippen LogP contribution in [0.25, 0.3) is 0 Å². The van der Waals surface area contributed by atoms with Crippen molar-refractivity contribution in [3.05, 3.63) is 47.5 Å². The van der Waals surface area contributed by atoms with Gasteiger partial charge in [0, 0.05) is 9.92 Å². The molecule has 1 heterocycles. The van der Waals surface area contributed by atoms with E-state index in [9.17, 15) is 4.79 Å². The molecular weight excluding hydrogens is 324 g/mol. The van der Waals surface area contributed by atoms with E-state index in [1.807, 2.05) is 18.2 Å². The van der Waals surface area contributed by atoms with Gasteiger partial charge in [-0.15, -0.1) is 11.8 Å². The van der Waals surface area contributed by atoms with Crippen molar-refractivity contribution >= 4 is 29.3 Å². The standard InChI is InChI=1S/C16H13ClO4S/c17-11-1-3-12(4-2-11)21-16(18)10-22-13-5-6-14-15(9-13)20-8-7-19-14/h1-6,9H,7-8,10H2. The third kappa shape index (κ3) is 3.87. The van der Waals surface area contributed by atoms with E-state index in [-0.39, 0.29) is 11.7 Å². The molecule has 0 saturated heterocycles. The molecule has 0 bridgehead atoms. The monoisotopic (exact) mass is 336 g/mol. The zero-order chi connectivity index (χ0) is 15.4. The highest BCUT2D eigenvalue weighted by Gasteiger charge is 2.13. The smallest absolute Gasteiger partial charge is 0.321 e. The molecule has 0 N–H and O–H groups in total. The molecule has 0 spiro atoms. The normalized spacial score (nSPS) is 12.8. The summed E-state index contributed by atoms with van der Waals surface area (Å²) >= 11 is 7.17. The second kappa shape index (κ2) is 6.94. The molecule has 2 aromatic carbocycles. The summed E-state index contributed by atoms with van der Waals surface area (Å²) in [4.78, 5) is 12.8. The number of thioether (sulfide) groups is 1. The highest BCUT2D eigenvalue weighted by atomic mass is 35.5. The lowest BCUT2D eigenvalue weighted by Crippen LogP contribution is -2.15. The van der Waals surface area contributed by atoms with Gasteiger partial charge < -0.3 is 14.2 Å². The van der Waals surface area contributed by atoms with Crippen LogP contribution in [-0.2, 0) is 4.79 Å². The molecule has 2 aromatic rings. The number of esters is 1. The highest BCUT2D eigenvalue weighted by Crippen LogP contribution is 2.34. The number of benzene rings is 2. The molecule has 4 nitrogen and oxygen atoms in total. The minimum Gasteiger partial charge on any atom is -0.486 e. The van der Waals surface area contributed by atoms with Crippen molar-refractivity contribution in [1.82, 2.24) is 0 Å². The lowest BCUT2D eigenvalue weighted by molar-refractivity contribution is -0.131. The third-order valence-corrected chi connectivity index (χ3v) is 4.13. The third-order valence-electron chi connectivity index (χ3n) is 2.92. The first-order valence-corrected chi connectivity index (χ1v) is 8.06. The van der Waals surface area contributed by atoms with Gasteiger partial charge in [-0.2, -0.15) is 0 Å². The first kappa shape index (κ1) is 15.1. The summed E-state index contributed by atoms with van der Waals surface area (Å²) in [5.74, 6) is 1.82. The van der Waals surface area contributed by atoms with Gasteiger partial charge in [0.05, 0.1) is 5.75 Å². The van der Waals surface area contributed by atoms with Gasteiger partial charge in [-0.05, 0) is 42.5 Å². The number of carbonyl (C=O) groups is 1. The summed E-state index contributed by atoms with van der Waals surface area (Å²) in [5, 5.41) is 0.602. The molecule has 0 aromatic heterocycles. The van der Waals surface area contributed by atoms with E-state index in [2.05, 4.69) is 0 Å². The van der Waals surface area contributed by atoms with Crippen molar-refractivity contribution < 1.29 is 19.0 Å². The first-order valence-electron chi connectivity index (χ1n) is 6.69. The zero-order valence-corrected chi connectivity index (χ0v) is 13.2. The van der Waals surface area contributed by atoms with Gasteiger partial charge in [0.1, 0.15) is 19.0 Å². The van der Waals surface area contributed by atoms with Crippen LogP contribution in [0.15, 0.2) is 47.4 Å². The number of halogens is 1. The van der Waals surface area contributed by atoms with Gasteiger partial charge in [-0.25, -0.2) is 0 Å². The molecule has 0 saturated carbocycles. The molecule has 114 valence electrons. The number of ether oxygens (including phenoxy) is 3. The molecule has 0 unspecified atom stereocenters. The Kier molecular flexibility index (Phi) is 4.75. The maximum atomic E-state index is 11.8. The van der Waals surface area contributed by atoms with Gasteiger partial charge in [-0.3, -0.25) is 4.79 Å². The van der Waals surface area contributed by atoms with E-state index in [0.29, 0.717) is 29.7 Å². The van der Waals surface area contributed by atoms with Crippen LogP contribution in [0.2, 0.25) is 5.02 Å². The lowest BCUT2D eigenvalue weighted by atomic mass is 10.3. The van der Waals surface area contributed by atoms with Crippen molar-refractivity contribution in [2.45, 2.75) is 4.90 Å².